The fraction of sp³-hybridized carbons (Fsp3) is 0.421. The maximum Gasteiger partial charge on any atom is 0.280 e. The third-order valence-corrected chi connectivity index (χ3v) is 5.11. The van der Waals surface area contributed by atoms with Crippen molar-refractivity contribution in [2.75, 3.05) is 38.7 Å². The molecule has 144 valence electrons. The highest BCUT2D eigenvalue weighted by atomic mass is 32.1. The average Bonchev–Trinajstić information content (AvgIpc) is 3.25. The van der Waals surface area contributed by atoms with Crippen molar-refractivity contribution in [2.24, 2.45) is 7.05 Å². The molecular formula is C19H25N5O2S. The summed E-state index contributed by atoms with van der Waals surface area (Å²) >= 11 is 1.50. The van der Waals surface area contributed by atoms with Crippen LogP contribution in [0.1, 0.15) is 23.8 Å². The van der Waals surface area contributed by atoms with Gasteiger partial charge in [-0.1, -0.05) is 17.4 Å². The number of nitrogens with zero attached hydrogens (tertiary/aromatic N) is 5. The van der Waals surface area contributed by atoms with Gasteiger partial charge in [0.25, 0.3) is 5.91 Å². The molecule has 8 heteroatoms. The van der Waals surface area contributed by atoms with E-state index in [4.69, 9.17) is 9.72 Å². The van der Waals surface area contributed by atoms with Crippen LogP contribution in [-0.2, 0) is 7.05 Å². The van der Waals surface area contributed by atoms with Crippen LogP contribution in [0.4, 0.5) is 5.13 Å². The number of aromatic nitrogens is 3. The maximum atomic E-state index is 13.1. The number of hydrogen-bond donors (Lipinski definition) is 0. The van der Waals surface area contributed by atoms with Crippen molar-refractivity contribution in [3.8, 4) is 5.75 Å². The van der Waals surface area contributed by atoms with Gasteiger partial charge in [0, 0.05) is 19.8 Å². The number of anilines is 1. The second-order valence-electron chi connectivity index (χ2n) is 6.52. The zero-order valence-corrected chi connectivity index (χ0v) is 17.0. The molecular weight excluding hydrogens is 362 g/mol. The van der Waals surface area contributed by atoms with Gasteiger partial charge in [-0.05, 0) is 52.2 Å². The monoisotopic (exact) mass is 387 g/mol. The van der Waals surface area contributed by atoms with E-state index in [0.29, 0.717) is 24.0 Å². The Labute approximate surface area is 163 Å². The van der Waals surface area contributed by atoms with Crippen LogP contribution in [0.3, 0.4) is 0 Å². The molecule has 3 rings (SSSR count). The lowest BCUT2D eigenvalue weighted by molar-refractivity contribution is 0.0980. The molecule has 1 amide bonds. The van der Waals surface area contributed by atoms with Crippen LogP contribution in [0, 0.1) is 0 Å². The Morgan fingerprint density at radius 3 is 2.74 bits per heavy atom. The van der Waals surface area contributed by atoms with Crippen molar-refractivity contribution in [1.82, 2.24) is 19.7 Å². The van der Waals surface area contributed by atoms with Crippen molar-refractivity contribution >= 4 is 32.6 Å². The molecule has 0 aliphatic heterocycles. The Bertz CT molecular complexity index is 918. The summed E-state index contributed by atoms with van der Waals surface area (Å²) in [5.74, 6) is 0.613. The predicted molar refractivity (Wildman–Crippen MR) is 109 cm³/mol. The zero-order chi connectivity index (χ0) is 19.4. The van der Waals surface area contributed by atoms with Gasteiger partial charge < -0.3 is 9.64 Å². The summed E-state index contributed by atoms with van der Waals surface area (Å²) in [6.45, 7) is 3.99. The van der Waals surface area contributed by atoms with E-state index in [0.717, 1.165) is 28.9 Å². The van der Waals surface area contributed by atoms with Crippen LogP contribution in [-0.4, -0.2) is 59.4 Å². The van der Waals surface area contributed by atoms with Crippen molar-refractivity contribution < 1.29 is 9.53 Å². The van der Waals surface area contributed by atoms with Crippen molar-refractivity contribution in [3.63, 3.8) is 0 Å². The number of amides is 1. The minimum Gasteiger partial charge on any atom is -0.492 e. The van der Waals surface area contributed by atoms with Gasteiger partial charge in [-0.2, -0.15) is 5.10 Å². The van der Waals surface area contributed by atoms with Crippen LogP contribution < -0.4 is 9.64 Å². The number of fused-ring (bicyclic) bond motifs is 1. The third kappa shape index (κ3) is 4.45. The second kappa shape index (κ2) is 8.49. The number of ether oxygens (including phenoxy) is 1. The molecule has 0 saturated carbocycles. The number of carbonyl (C=O) groups is 1. The Hall–Kier alpha value is -2.45. The van der Waals surface area contributed by atoms with Crippen molar-refractivity contribution in [2.45, 2.75) is 13.3 Å². The van der Waals surface area contributed by atoms with Gasteiger partial charge in [-0.25, -0.2) is 4.98 Å². The van der Waals surface area contributed by atoms with Crippen LogP contribution in [0.5, 0.6) is 5.75 Å². The number of aryl methyl sites for hydroxylation is 1. The first kappa shape index (κ1) is 19.3. The predicted octanol–water partition coefficient (Wildman–Crippen LogP) is 3.03. The zero-order valence-electron chi connectivity index (χ0n) is 16.2. The van der Waals surface area contributed by atoms with Crippen molar-refractivity contribution in [3.05, 3.63) is 36.2 Å². The molecule has 0 fully saturated rings. The maximum absolute atomic E-state index is 13.1. The summed E-state index contributed by atoms with van der Waals surface area (Å²) in [7, 11) is 5.85. The molecule has 7 nitrogen and oxygen atoms in total. The number of rotatable bonds is 8. The summed E-state index contributed by atoms with van der Waals surface area (Å²) in [5.41, 5.74) is 1.22. The molecule has 0 spiro atoms. The Morgan fingerprint density at radius 1 is 1.26 bits per heavy atom. The van der Waals surface area contributed by atoms with Gasteiger partial charge in [0.15, 0.2) is 10.8 Å². The molecule has 0 aliphatic carbocycles. The largest absolute Gasteiger partial charge is 0.492 e. The van der Waals surface area contributed by atoms with Gasteiger partial charge in [0.2, 0.25) is 0 Å². The molecule has 2 aromatic heterocycles. The summed E-state index contributed by atoms with van der Waals surface area (Å²) in [4.78, 5) is 21.7. The Kier molecular flexibility index (Phi) is 6.08. The summed E-state index contributed by atoms with van der Waals surface area (Å²) in [6.07, 6.45) is 2.62. The van der Waals surface area contributed by atoms with Crippen LogP contribution in [0.2, 0.25) is 0 Å². The molecule has 1 aromatic carbocycles. The minimum atomic E-state index is -0.133. The smallest absolute Gasteiger partial charge is 0.280 e. The average molecular weight is 388 g/mol. The van der Waals surface area contributed by atoms with E-state index in [-0.39, 0.29) is 5.91 Å². The van der Waals surface area contributed by atoms with Gasteiger partial charge in [-0.15, -0.1) is 0 Å². The highest BCUT2D eigenvalue weighted by molar-refractivity contribution is 7.22. The van der Waals surface area contributed by atoms with E-state index in [1.54, 1.807) is 28.9 Å². The minimum absolute atomic E-state index is 0.133. The highest BCUT2D eigenvalue weighted by Gasteiger charge is 2.23. The highest BCUT2D eigenvalue weighted by Crippen LogP contribution is 2.34. The van der Waals surface area contributed by atoms with E-state index in [9.17, 15) is 4.79 Å². The summed E-state index contributed by atoms with van der Waals surface area (Å²) in [5, 5.41) is 4.94. The quantitative estimate of drug-likeness (QED) is 0.594. The number of benzene rings is 1. The lowest BCUT2D eigenvalue weighted by Crippen LogP contribution is -2.33. The Balaban J connectivity index is 1.95. The van der Waals surface area contributed by atoms with Crippen LogP contribution >= 0.6 is 11.3 Å². The summed E-state index contributed by atoms with van der Waals surface area (Å²) < 4.78 is 8.33. The van der Waals surface area contributed by atoms with Crippen LogP contribution in [0.15, 0.2) is 30.5 Å². The first-order valence-electron chi connectivity index (χ1n) is 8.98. The first-order valence-corrected chi connectivity index (χ1v) is 9.80. The normalized spacial score (nSPS) is 11.3. The van der Waals surface area contributed by atoms with Gasteiger partial charge >= 0.3 is 0 Å². The molecule has 0 aliphatic rings. The fourth-order valence-corrected chi connectivity index (χ4v) is 3.80. The molecule has 0 N–H and O–H groups in total. The van der Waals surface area contributed by atoms with E-state index in [1.807, 2.05) is 39.2 Å². The molecule has 0 saturated heterocycles. The molecule has 0 unspecified atom stereocenters. The van der Waals surface area contributed by atoms with Gasteiger partial charge in [0.1, 0.15) is 11.3 Å². The van der Waals surface area contributed by atoms with Crippen molar-refractivity contribution in [1.29, 1.82) is 0 Å². The second-order valence-corrected chi connectivity index (χ2v) is 7.53. The SMILES string of the molecule is CCOc1cccc2sc(N(CCCN(C)C)C(=O)c3ccn(C)n3)nc12. The van der Waals surface area contributed by atoms with E-state index in [1.165, 1.54) is 11.3 Å². The lowest BCUT2D eigenvalue weighted by Gasteiger charge is -2.20. The molecule has 3 aromatic rings. The van der Waals surface area contributed by atoms with E-state index >= 15 is 0 Å². The van der Waals surface area contributed by atoms with Gasteiger partial charge in [-0.3, -0.25) is 14.4 Å². The lowest BCUT2D eigenvalue weighted by atomic mass is 10.3. The molecule has 2 heterocycles. The number of carbonyl (C=O) groups excluding carboxylic acids is 1. The van der Waals surface area contributed by atoms with E-state index in [2.05, 4.69) is 10.00 Å². The first-order chi connectivity index (χ1) is 13.0. The van der Waals surface area contributed by atoms with Crippen LogP contribution in [0.25, 0.3) is 10.2 Å². The number of hydrogen-bond acceptors (Lipinski definition) is 6. The molecule has 27 heavy (non-hydrogen) atoms. The topological polar surface area (TPSA) is 63.5 Å². The summed E-state index contributed by atoms with van der Waals surface area (Å²) in [6, 6.07) is 7.60. The molecule has 0 radical (unpaired) electrons. The van der Waals surface area contributed by atoms with Gasteiger partial charge in [0.05, 0.1) is 11.3 Å². The molecule has 0 atom stereocenters. The standard InChI is InChI=1S/C19H25N5O2S/c1-5-26-15-8-6-9-16-17(15)20-19(27-16)24(12-7-11-22(2)3)18(25)14-10-13-23(4)21-14/h6,8-10,13H,5,7,11-12H2,1-4H3. The third-order valence-electron chi connectivity index (χ3n) is 4.07. The Morgan fingerprint density at radius 2 is 2.07 bits per heavy atom. The number of thiazole rings is 1. The van der Waals surface area contributed by atoms with E-state index < -0.39 is 0 Å². The fourth-order valence-electron chi connectivity index (χ4n) is 2.80. The number of para-hydroxylation sites is 1. The molecule has 0 bridgehead atoms.